The molecule has 0 saturated carbocycles. The molecule has 1 aromatic heterocycles. The van der Waals surface area contributed by atoms with E-state index in [2.05, 4.69) is 0 Å². The van der Waals surface area contributed by atoms with Gasteiger partial charge in [-0.05, 0) is 30.3 Å². The number of ketones is 1. The maximum atomic E-state index is 12.9. The summed E-state index contributed by atoms with van der Waals surface area (Å²) in [6, 6.07) is 14.5. The van der Waals surface area contributed by atoms with Crippen molar-refractivity contribution < 1.29 is 19.1 Å². The second-order valence-electron chi connectivity index (χ2n) is 5.18. The van der Waals surface area contributed by atoms with E-state index in [0.29, 0.717) is 29.1 Å². The summed E-state index contributed by atoms with van der Waals surface area (Å²) in [7, 11) is 0. The Morgan fingerprint density at radius 3 is 2.57 bits per heavy atom. The molecule has 0 aliphatic carbocycles. The first kappa shape index (κ1) is 15.3. The van der Waals surface area contributed by atoms with Gasteiger partial charge in [0, 0.05) is 17.4 Å². The van der Waals surface area contributed by atoms with E-state index < -0.39 is 0 Å². The van der Waals surface area contributed by atoms with Gasteiger partial charge in [-0.3, -0.25) is 4.79 Å². The van der Waals surface area contributed by atoms with Gasteiger partial charge in [0.1, 0.15) is 23.7 Å². The molecule has 0 saturated heterocycles. The van der Waals surface area contributed by atoms with E-state index in [1.165, 1.54) is 0 Å². The van der Waals surface area contributed by atoms with Crippen LogP contribution in [0, 0.1) is 0 Å². The predicted molar refractivity (Wildman–Crippen MR) is 88.0 cm³/mol. The van der Waals surface area contributed by atoms with E-state index in [4.69, 9.17) is 14.3 Å². The Kier molecular flexibility index (Phi) is 4.44. The van der Waals surface area contributed by atoms with Crippen molar-refractivity contribution in [2.45, 2.75) is 13.3 Å². The molecule has 0 radical (unpaired) electrons. The lowest BCUT2D eigenvalue weighted by molar-refractivity contribution is 0.103. The molecule has 0 amide bonds. The monoisotopic (exact) mass is 310 g/mol. The number of aliphatic hydroxyl groups excluding tert-OH is 1. The number of hydrogen-bond donors (Lipinski definition) is 1. The number of benzene rings is 2. The maximum Gasteiger partial charge on any atom is 0.197 e. The summed E-state index contributed by atoms with van der Waals surface area (Å²) in [6.07, 6.45) is 0.660. The fourth-order valence-electron chi connectivity index (χ4n) is 2.60. The smallest absolute Gasteiger partial charge is 0.197 e. The van der Waals surface area contributed by atoms with Crippen LogP contribution in [0.4, 0.5) is 0 Å². The molecule has 0 unspecified atom stereocenters. The summed E-state index contributed by atoms with van der Waals surface area (Å²) < 4.78 is 11.1. The highest BCUT2D eigenvalue weighted by molar-refractivity contribution is 6.16. The Morgan fingerprint density at radius 1 is 1.13 bits per heavy atom. The van der Waals surface area contributed by atoms with Crippen LogP contribution in [0.3, 0.4) is 0 Å². The van der Waals surface area contributed by atoms with Crippen LogP contribution in [0.1, 0.15) is 28.6 Å². The second-order valence-corrected chi connectivity index (χ2v) is 5.18. The van der Waals surface area contributed by atoms with Gasteiger partial charge in [0.05, 0.1) is 12.2 Å². The number of aryl methyl sites for hydroxylation is 1. The number of carbonyl (C=O) groups is 1. The fraction of sp³-hybridized carbons (Fsp3) is 0.211. The molecule has 3 aromatic rings. The third-order valence-electron chi connectivity index (χ3n) is 3.69. The topological polar surface area (TPSA) is 59.7 Å². The molecule has 23 heavy (non-hydrogen) atoms. The Balaban J connectivity index is 1.97. The van der Waals surface area contributed by atoms with Crippen molar-refractivity contribution >= 4 is 16.8 Å². The zero-order valence-electron chi connectivity index (χ0n) is 12.9. The number of hydrogen-bond acceptors (Lipinski definition) is 4. The number of furan rings is 1. The highest BCUT2D eigenvalue weighted by Gasteiger charge is 2.20. The van der Waals surface area contributed by atoms with Crippen LogP contribution in [0.15, 0.2) is 52.9 Å². The summed E-state index contributed by atoms with van der Waals surface area (Å²) in [5.74, 6) is 1.28. The minimum atomic E-state index is -0.0551. The van der Waals surface area contributed by atoms with E-state index in [0.717, 1.165) is 11.0 Å². The molecule has 0 atom stereocenters. The lowest BCUT2D eigenvalue weighted by atomic mass is 9.99. The Bertz CT molecular complexity index is 815. The van der Waals surface area contributed by atoms with E-state index in [9.17, 15) is 4.79 Å². The molecule has 1 N–H and O–H groups in total. The summed E-state index contributed by atoms with van der Waals surface area (Å²) in [6.45, 7) is 2.17. The molecule has 1 heterocycles. The van der Waals surface area contributed by atoms with Gasteiger partial charge in [-0.25, -0.2) is 0 Å². The molecule has 3 rings (SSSR count). The Labute approximate surface area is 134 Å². The van der Waals surface area contributed by atoms with Gasteiger partial charge in [-0.2, -0.15) is 0 Å². The van der Waals surface area contributed by atoms with E-state index in [-0.39, 0.29) is 19.0 Å². The van der Waals surface area contributed by atoms with Crippen molar-refractivity contribution in [1.82, 2.24) is 0 Å². The van der Waals surface area contributed by atoms with Gasteiger partial charge in [0.2, 0.25) is 0 Å². The van der Waals surface area contributed by atoms with Gasteiger partial charge < -0.3 is 14.3 Å². The van der Waals surface area contributed by atoms with Gasteiger partial charge in [0.25, 0.3) is 0 Å². The highest BCUT2D eigenvalue weighted by atomic mass is 16.5. The average molecular weight is 310 g/mol. The number of carbonyl (C=O) groups excluding carboxylic acids is 1. The Hall–Kier alpha value is -2.59. The van der Waals surface area contributed by atoms with Crippen molar-refractivity contribution in [2.75, 3.05) is 13.2 Å². The lowest BCUT2D eigenvalue weighted by Crippen LogP contribution is -2.04. The molecule has 0 bridgehead atoms. The zero-order valence-corrected chi connectivity index (χ0v) is 12.9. The third kappa shape index (κ3) is 2.98. The first-order valence-electron chi connectivity index (χ1n) is 7.63. The van der Waals surface area contributed by atoms with Crippen LogP contribution in [-0.2, 0) is 6.42 Å². The van der Waals surface area contributed by atoms with Crippen molar-refractivity contribution in [3.63, 3.8) is 0 Å². The largest absolute Gasteiger partial charge is 0.491 e. The fourth-order valence-corrected chi connectivity index (χ4v) is 2.60. The van der Waals surface area contributed by atoms with Gasteiger partial charge in [0.15, 0.2) is 5.78 Å². The van der Waals surface area contributed by atoms with Gasteiger partial charge >= 0.3 is 0 Å². The van der Waals surface area contributed by atoms with Gasteiger partial charge in [-0.15, -0.1) is 0 Å². The highest BCUT2D eigenvalue weighted by Crippen LogP contribution is 2.29. The molecule has 4 heteroatoms. The standard InChI is InChI=1S/C19H18O4/c1-2-16-18(15-5-3-4-6-17(15)23-16)19(21)13-7-9-14(10-8-13)22-12-11-20/h3-10,20H,2,11-12H2,1H3. The SMILES string of the molecule is CCc1oc2ccccc2c1C(=O)c1ccc(OCCO)cc1. The van der Waals surface area contributed by atoms with E-state index in [1.807, 2.05) is 31.2 Å². The molecule has 0 spiro atoms. The minimum Gasteiger partial charge on any atom is -0.491 e. The molecule has 2 aromatic carbocycles. The number of ether oxygens (including phenoxy) is 1. The third-order valence-corrected chi connectivity index (χ3v) is 3.69. The van der Waals surface area contributed by atoms with Crippen LogP contribution >= 0.6 is 0 Å². The van der Waals surface area contributed by atoms with Gasteiger partial charge in [-0.1, -0.05) is 25.1 Å². The summed E-state index contributed by atoms with van der Waals surface area (Å²) >= 11 is 0. The molecule has 0 aliphatic rings. The van der Waals surface area contributed by atoms with E-state index >= 15 is 0 Å². The molecule has 0 fully saturated rings. The van der Waals surface area contributed by atoms with Crippen molar-refractivity contribution in [3.05, 3.63) is 65.4 Å². The molecule has 0 aliphatic heterocycles. The van der Waals surface area contributed by atoms with Crippen LogP contribution in [0.5, 0.6) is 5.75 Å². The van der Waals surface area contributed by atoms with Crippen LogP contribution in [0.25, 0.3) is 11.0 Å². The first-order valence-corrected chi connectivity index (χ1v) is 7.63. The molecule has 118 valence electrons. The normalized spacial score (nSPS) is 10.9. The molecular formula is C19H18O4. The van der Waals surface area contributed by atoms with Crippen LogP contribution in [-0.4, -0.2) is 24.1 Å². The van der Waals surface area contributed by atoms with Crippen LogP contribution in [0.2, 0.25) is 0 Å². The number of rotatable bonds is 6. The van der Waals surface area contributed by atoms with Crippen molar-refractivity contribution in [2.24, 2.45) is 0 Å². The lowest BCUT2D eigenvalue weighted by Gasteiger charge is -2.05. The zero-order chi connectivity index (χ0) is 16.2. The summed E-state index contributed by atoms with van der Waals surface area (Å²) in [5, 5.41) is 9.61. The predicted octanol–water partition coefficient (Wildman–Crippen LogP) is 3.60. The number of aliphatic hydroxyl groups is 1. The minimum absolute atomic E-state index is 0.0401. The first-order chi connectivity index (χ1) is 11.2. The van der Waals surface area contributed by atoms with E-state index in [1.54, 1.807) is 24.3 Å². The number of fused-ring (bicyclic) bond motifs is 1. The van der Waals surface area contributed by atoms with Crippen LogP contribution < -0.4 is 4.74 Å². The quantitative estimate of drug-likeness (QED) is 0.707. The summed E-state index contributed by atoms with van der Waals surface area (Å²) in [4.78, 5) is 12.9. The Morgan fingerprint density at radius 2 is 1.87 bits per heavy atom. The molecular weight excluding hydrogens is 292 g/mol. The number of para-hydroxylation sites is 1. The average Bonchev–Trinajstić information content (AvgIpc) is 2.98. The molecule has 4 nitrogen and oxygen atoms in total. The maximum absolute atomic E-state index is 12.9. The van der Waals surface area contributed by atoms with Crippen molar-refractivity contribution in [1.29, 1.82) is 0 Å². The van der Waals surface area contributed by atoms with Crippen molar-refractivity contribution in [3.8, 4) is 5.75 Å². The second kappa shape index (κ2) is 6.67. The summed E-state index contributed by atoms with van der Waals surface area (Å²) in [5.41, 5.74) is 1.95.